The van der Waals surface area contributed by atoms with Gasteiger partial charge < -0.3 is 9.97 Å². The van der Waals surface area contributed by atoms with Crippen LogP contribution in [0.4, 0.5) is 0 Å². The van der Waals surface area contributed by atoms with E-state index >= 15 is 0 Å². The Labute approximate surface area is 92.9 Å². The predicted octanol–water partition coefficient (Wildman–Crippen LogP) is 0.0579. The van der Waals surface area contributed by atoms with Gasteiger partial charge in [0, 0.05) is 10.9 Å². The Balaban J connectivity index is 2.75. The summed E-state index contributed by atoms with van der Waals surface area (Å²) in [5, 5.41) is 0.432. The number of hydrogen-bond acceptors (Lipinski definition) is 3. The van der Waals surface area contributed by atoms with Gasteiger partial charge in [0.1, 0.15) is 11.0 Å². The number of benzene rings is 1. The summed E-state index contributed by atoms with van der Waals surface area (Å²) in [6.45, 7) is 0. The van der Waals surface area contributed by atoms with E-state index in [-0.39, 0.29) is 16.5 Å². The molecule has 0 aliphatic heterocycles. The number of fused-ring (bicyclic) bond motifs is 2. The maximum Gasteiger partial charge on any atom is 0.326 e. The second-order valence-corrected chi connectivity index (χ2v) is 3.66. The van der Waals surface area contributed by atoms with Gasteiger partial charge in [-0.15, -0.1) is 0 Å². The zero-order valence-corrected chi connectivity index (χ0v) is 8.53. The Bertz CT molecular complexity index is 901. The van der Waals surface area contributed by atoms with Gasteiger partial charge in [-0.3, -0.25) is 14.6 Å². The monoisotopic (exact) mass is 229 g/mol. The Hall–Kier alpha value is -2.63. The molecule has 0 unspecified atom stereocenters. The van der Waals surface area contributed by atoms with Crippen LogP contribution >= 0.6 is 0 Å². The van der Waals surface area contributed by atoms with Crippen LogP contribution in [0.1, 0.15) is 0 Å². The van der Waals surface area contributed by atoms with E-state index in [9.17, 15) is 14.4 Å². The van der Waals surface area contributed by atoms with E-state index in [1.165, 1.54) is 0 Å². The largest absolute Gasteiger partial charge is 0.349 e. The predicted molar refractivity (Wildman–Crippen MR) is 63.3 cm³/mol. The van der Waals surface area contributed by atoms with E-state index in [1.54, 1.807) is 24.3 Å². The topological polar surface area (TPSA) is 98.6 Å². The van der Waals surface area contributed by atoms with Crippen molar-refractivity contribution >= 4 is 21.9 Å². The number of aromatic amines is 3. The van der Waals surface area contributed by atoms with Crippen LogP contribution in [0.2, 0.25) is 0 Å². The van der Waals surface area contributed by atoms with E-state index in [2.05, 4.69) is 15.0 Å². The molecule has 1 aromatic carbocycles. The molecule has 0 fully saturated rings. The molecule has 17 heavy (non-hydrogen) atoms. The number of rotatable bonds is 0. The van der Waals surface area contributed by atoms with Crippen molar-refractivity contribution in [2.45, 2.75) is 0 Å². The molecule has 0 atom stereocenters. The molecule has 0 radical (unpaired) electrons. The summed E-state index contributed by atoms with van der Waals surface area (Å²) in [6, 6.07) is 6.80. The summed E-state index contributed by atoms with van der Waals surface area (Å²) in [7, 11) is 0. The minimum Gasteiger partial charge on any atom is -0.349 e. The average molecular weight is 229 g/mol. The molecule has 84 valence electrons. The van der Waals surface area contributed by atoms with Gasteiger partial charge in [0.25, 0.3) is 5.56 Å². The van der Waals surface area contributed by atoms with Crippen LogP contribution < -0.4 is 16.7 Å². The summed E-state index contributed by atoms with van der Waals surface area (Å²) in [4.78, 5) is 42.0. The number of H-pyrrole nitrogens is 3. The minimum atomic E-state index is -0.691. The lowest BCUT2D eigenvalue weighted by molar-refractivity contribution is 1.07. The molecular weight excluding hydrogens is 222 g/mol. The van der Waals surface area contributed by atoms with Gasteiger partial charge in [-0.25, -0.2) is 4.79 Å². The van der Waals surface area contributed by atoms with E-state index < -0.39 is 11.2 Å². The first kappa shape index (κ1) is 9.59. The van der Waals surface area contributed by atoms with Crippen LogP contribution in [0.3, 0.4) is 0 Å². The fraction of sp³-hybridized carbons (Fsp3) is 0. The lowest BCUT2D eigenvalue weighted by Gasteiger charge is -2.00. The second kappa shape index (κ2) is 3.18. The maximum absolute atomic E-state index is 12.0. The molecule has 0 saturated carbocycles. The molecule has 0 amide bonds. The van der Waals surface area contributed by atoms with Gasteiger partial charge in [-0.1, -0.05) is 12.1 Å². The zero-order valence-electron chi connectivity index (χ0n) is 8.53. The standard InChI is InChI=1S/C11H7N3O3/c15-9-5-3-1-2-4-6(5)12-8-7(9)13-11(17)14-10(8)16/h1-4H,(H,12,15)(H2,13,14,16,17). The van der Waals surface area contributed by atoms with Crippen molar-refractivity contribution in [1.29, 1.82) is 0 Å². The molecule has 3 aromatic rings. The molecule has 0 bridgehead atoms. The summed E-state index contributed by atoms with van der Waals surface area (Å²) in [5.41, 5.74) is -1.03. The molecule has 2 heterocycles. The quantitative estimate of drug-likeness (QED) is 0.475. The van der Waals surface area contributed by atoms with Crippen LogP contribution in [0.25, 0.3) is 21.9 Å². The molecule has 3 N–H and O–H groups in total. The van der Waals surface area contributed by atoms with E-state index in [0.29, 0.717) is 10.9 Å². The maximum atomic E-state index is 12.0. The van der Waals surface area contributed by atoms with Crippen LogP contribution in [-0.4, -0.2) is 15.0 Å². The number of aromatic nitrogens is 3. The molecule has 0 aliphatic rings. The van der Waals surface area contributed by atoms with Crippen LogP contribution in [-0.2, 0) is 0 Å². The number of nitrogens with one attached hydrogen (secondary N) is 3. The van der Waals surface area contributed by atoms with E-state index in [1.807, 2.05) is 0 Å². The van der Waals surface area contributed by atoms with Gasteiger partial charge in [-0.2, -0.15) is 0 Å². The molecule has 0 aliphatic carbocycles. The van der Waals surface area contributed by atoms with Crippen molar-refractivity contribution in [3.63, 3.8) is 0 Å². The van der Waals surface area contributed by atoms with Crippen molar-refractivity contribution in [3.8, 4) is 0 Å². The van der Waals surface area contributed by atoms with Crippen molar-refractivity contribution in [2.75, 3.05) is 0 Å². The smallest absolute Gasteiger partial charge is 0.326 e. The highest BCUT2D eigenvalue weighted by Gasteiger charge is 2.08. The number of hydrogen-bond donors (Lipinski definition) is 3. The molecule has 6 nitrogen and oxygen atoms in total. The highest BCUT2D eigenvalue weighted by molar-refractivity contribution is 5.89. The summed E-state index contributed by atoms with van der Waals surface area (Å²) in [6.07, 6.45) is 0. The normalized spacial score (nSPS) is 11.1. The van der Waals surface area contributed by atoms with Crippen molar-refractivity contribution < 1.29 is 0 Å². The number of pyridine rings is 1. The van der Waals surface area contributed by atoms with Crippen molar-refractivity contribution in [2.24, 2.45) is 0 Å². The van der Waals surface area contributed by atoms with Gasteiger partial charge in [0.15, 0.2) is 0 Å². The average Bonchev–Trinajstić information content (AvgIpc) is 2.31. The zero-order chi connectivity index (χ0) is 12.0. The van der Waals surface area contributed by atoms with Crippen LogP contribution in [0, 0.1) is 0 Å². The molecule has 2 aromatic heterocycles. The fourth-order valence-electron chi connectivity index (χ4n) is 1.84. The Morgan fingerprint density at radius 3 is 2.41 bits per heavy atom. The third-order valence-electron chi connectivity index (χ3n) is 2.60. The molecule has 3 rings (SSSR count). The molecule has 6 heteroatoms. The van der Waals surface area contributed by atoms with Gasteiger partial charge in [-0.05, 0) is 12.1 Å². The Morgan fingerprint density at radius 1 is 0.824 bits per heavy atom. The van der Waals surface area contributed by atoms with Gasteiger partial charge in [0.05, 0.1) is 0 Å². The molecule has 0 saturated heterocycles. The van der Waals surface area contributed by atoms with E-state index in [4.69, 9.17) is 0 Å². The van der Waals surface area contributed by atoms with Gasteiger partial charge >= 0.3 is 5.69 Å². The third-order valence-corrected chi connectivity index (χ3v) is 2.60. The fourth-order valence-corrected chi connectivity index (χ4v) is 1.84. The Morgan fingerprint density at radius 2 is 1.59 bits per heavy atom. The SMILES string of the molecule is O=c1[nH]c(=O)c2[nH]c3ccccc3c(=O)c2[nH]1. The summed E-state index contributed by atoms with van der Waals surface area (Å²) < 4.78 is 0. The lowest BCUT2D eigenvalue weighted by Crippen LogP contribution is -2.26. The first-order valence-electron chi connectivity index (χ1n) is 4.94. The third kappa shape index (κ3) is 1.31. The van der Waals surface area contributed by atoms with Gasteiger partial charge in [0.2, 0.25) is 5.43 Å². The second-order valence-electron chi connectivity index (χ2n) is 3.66. The Kier molecular flexibility index (Phi) is 1.79. The van der Waals surface area contributed by atoms with Crippen molar-refractivity contribution in [1.82, 2.24) is 15.0 Å². The summed E-state index contributed by atoms with van der Waals surface area (Å²) in [5.74, 6) is 0. The molecule has 0 spiro atoms. The highest BCUT2D eigenvalue weighted by Crippen LogP contribution is 2.08. The minimum absolute atomic E-state index is 0.00236. The summed E-state index contributed by atoms with van der Waals surface area (Å²) >= 11 is 0. The first-order chi connectivity index (χ1) is 8.16. The number of para-hydroxylation sites is 1. The van der Waals surface area contributed by atoms with Crippen molar-refractivity contribution in [3.05, 3.63) is 55.3 Å². The van der Waals surface area contributed by atoms with Crippen LogP contribution in [0.15, 0.2) is 38.6 Å². The molecular formula is C11H7N3O3. The lowest BCUT2D eigenvalue weighted by atomic mass is 10.2. The van der Waals surface area contributed by atoms with E-state index in [0.717, 1.165) is 0 Å². The first-order valence-corrected chi connectivity index (χ1v) is 4.94. The highest BCUT2D eigenvalue weighted by atomic mass is 16.2. The van der Waals surface area contributed by atoms with Crippen LogP contribution in [0.5, 0.6) is 0 Å².